The van der Waals surface area contributed by atoms with Gasteiger partial charge in [0.1, 0.15) is 6.10 Å². The summed E-state index contributed by atoms with van der Waals surface area (Å²) >= 11 is 0. The number of esters is 1. The van der Waals surface area contributed by atoms with Crippen LogP contribution in [0.5, 0.6) is 17.2 Å². The Balaban J connectivity index is 2.44. The second-order valence-electron chi connectivity index (χ2n) is 4.55. The molecule has 1 heterocycles. The fraction of sp³-hybridized carbons (Fsp3) is 0.500. The van der Waals surface area contributed by atoms with Crippen molar-refractivity contribution in [3.05, 3.63) is 17.7 Å². The predicted molar refractivity (Wildman–Crippen MR) is 68.7 cm³/mol. The van der Waals surface area contributed by atoms with Gasteiger partial charge in [-0.2, -0.15) is 0 Å². The lowest BCUT2D eigenvalue weighted by molar-refractivity contribution is -0.141. The molecule has 0 amide bonds. The van der Waals surface area contributed by atoms with Gasteiger partial charge in [-0.3, -0.25) is 4.79 Å². The van der Waals surface area contributed by atoms with Crippen LogP contribution in [0.1, 0.15) is 25.0 Å². The zero-order valence-corrected chi connectivity index (χ0v) is 11.6. The molecule has 0 saturated carbocycles. The van der Waals surface area contributed by atoms with Crippen LogP contribution in [0.15, 0.2) is 12.1 Å². The van der Waals surface area contributed by atoms with Crippen molar-refractivity contribution in [1.29, 1.82) is 0 Å². The van der Waals surface area contributed by atoms with Crippen LogP contribution in [0.2, 0.25) is 0 Å². The molecule has 0 aromatic heterocycles. The standard InChI is InChI=1S/C14H18O5/c1-8-5-12(15)19-13(8)9-6-10(16-2)14(18-4)11(7-9)17-3/h6-8,13H,5H2,1-4H3/t8-,13+/m1/s1. The number of ether oxygens (including phenoxy) is 4. The molecule has 2 rings (SSSR count). The Morgan fingerprint density at radius 2 is 1.68 bits per heavy atom. The fourth-order valence-electron chi connectivity index (χ4n) is 2.34. The third-order valence-electron chi connectivity index (χ3n) is 3.28. The molecule has 104 valence electrons. The van der Waals surface area contributed by atoms with E-state index in [0.717, 1.165) is 5.56 Å². The van der Waals surface area contributed by atoms with Gasteiger partial charge in [0.25, 0.3) is 0 Å². The van der Waals surface area contributed by atoms with Gasteiger partial charge in [0.2, 0.25) is 5.75 Å². The van der Waals surface area contributed by atoms with Crippen molar-refractivity contribution >= 4 is 5.97 Å². The molecular weight excluding hydrogens is 248 g/mol. The Morgan fingerprint density at radius 3 is 2.05 bits per heavy atom. The van der Waals surface area contributed by atoms with Crippen molar-refractivity contribution < 1.29 is 23.7 Å². The molecule has 5 heteroatoms. The molecule has 5 nitrogen and oxygen atoms in total. The molecule has 1 aromatic carbocycles. The smallest absolute Gasteiger partial charge is 0.306 e. The summed E-state index contributed by atoms with van der Waals surface area (Å²) in [6.45, 7) is 1.98. The molecule has 0 aliphatic carbocycles. The summed E-state index contributed by atoms with van der Waals surface area (Å²) in [4.78, 5) is 11.4. The lowest BCUT2D eigenvalue weighted by Crippen LogP contribution is -2.06. The van der Waals surface area contributed by atoms with Crippen molar-refractivity contribution in [2.45, 2.75) is 19.4 Å². The van der Waals surface area contributed by atoms with Crippen LogP contribution in [0.4, 0.5) is 0 Å². The second-order valence-corrected chi connectivity index (χ2v) is 4.55. The van der Waals surface area contributed by atoms with Crippen molar-refractivity contribution in [3.63, 3.8) is 0 Å². The molecule has 1 fully saturated rings. The van der Waals surface area contributed by atoms with E-state index in [9.17, 15) is 4.79 Å². The SMILES string of the molecule is COc1cc([C@H]2OC(=O)C[C@H]2C)cc(OC)c1OC. The summed E-state index contributed by atoms with van der Waals surface area (Å²) in [5.74, 6) is 1.62. The maximum absolute atomic E-state index is 11.4. The zero-order valence-electron chi connectivity index (χ0n) is 11.6. The third-order valence-corrected chi connectivity index (χ3v) is 3.28. The van der Waals surface area contributed by atoms with Gasteiger partial charge in [-0.1, -0.05) is 6.92 Å². The number of carbonyl (C=O) groups excluding carboxylic acids is 1. The number of hydrogen-bond acceptors (Lipinski definition) is 5. The molecule has 1 aliphatic heterocycles. The topological polar surface area (TPSA) is 54.0 Å². The zero-order chi connectivity index (χ0) is 14.0. The summed E-state index contributed by atoms with van der Waals surface area (Å²) in [6, 6.07) is 3.64. The van der Waals surface area contributed by atoms with Crippen molar-refractivity contribution in [3.8, 4) is 17.2 Å². The van der Waals surface area contributed by atoms with Crippen LogP contribution in [0.3, 0.4) is 0 Å². The minimum Gasteiger partial charge on any atom is -0.493 e. The fourth-order valence-corrected chi connectivity index (χ4v) is 2.34. The quantitative estimate of drug-likeness (QED) is 0.783. The average Bonchev–Trinajstić information content (AvgIpc) is 2.75. The number of cyclic esters (lactones) is 1. The monoisotopic (exact) mass is 266 g/mol. The normalized spacial score (nSPS) is 22.0. The Hall–Kier alpha value is -1.91. The van der Waals surface area contributed by atoms with Gasteiger partial charge in [0.05, 0.1) is 27.8 Å². The van der Waals surface area contributed by atoms with Gasteiger partial charge in [-0.25, -0.2) is 0 Å². The summed E-state index contributed by atoms with van der Waals surface area (Å²) in [6.07, 6.45) is 0.169. The average molecular weight is 266 g/mol. The van der Waals surface area contributed by atoms with Crippen LogP contribution in [0.25, 0.3) is 0 Å². The minimum atomic E-state index is -0.263. The number of carbonyl (C=O) groups is 1. The minimum absolute atomic E-state index is 0.135. The van der Waals surface area contributed by atoms with E-state index in [4.69, 9.17) is 18.9 Å². The Kier molecular flexibility index (Phi) is 3.83. The number of rotatable bonds is 4. The van der Waals surface area contributed by atoms with Gasteiger partial charge in [-0.05, 0) is 12.1 Å². The highest BCUT2D eigenvalue weighted by atomic mass is 16.6. The highest BCUT2D eigenvalue weighted by molar-refractivity contribution is 5.72. The Bertz CT molecular complexity index is 458. The van der Waals surface area contributed by atoms with Crippen LogP contribution < -0.4 is 14.2 Å². The van der Waals surface area contributed by atoms with Gasteiger partial charge in [0, 0.05) is 11.5 Å². The number of methoxy groups -OCH3 is 3. The first-order chi connectivity index (χ1) is 9.10. The van der Waals surface area contributed by atoms with E-state index < -0.39 is 0 Å². The largest absolute Gasteiger partial charge is 0.493 e. The molecule has 1 aliphatic rings. The van der Waals surface area contributed by atoms with Crippen molar-refractivity contribution in [2.24, 2.45) is 5.92 Å². The summed E-state index contributed by atoms with van der Waals surface area (Å²) < 4.78 is 21.2. The lowest BCUT2D eigenvalue weighted by Gasteiger charge is -2.18. The molecule has 19 heavy (non-hydrogen) atoms. The first kappa shape index (κ1) is 13.5. The highest BCUT2D eigenvalue weighted by Gasteiger charge is 2.33. The van der Waals surface area contributed by atoms with E-state index in [2.05, 4.69) is 0 Å². The summed E-state index contributed by atoms with van der Waals surface area (Å²) in [7, 11) is 4.68. The van der Waals surface area contributed by atoms with E-state index in [-0.39, 0.29) is 18.0 Å². The maximum Gasteiger partial charge on any atom is 0.306 e. The molecule has 2 atom stereocenters. The molecule has 0 unspecified atom stereocenters. The van der Waals surface area contributed by atoms with E-state index >= 15 is 0 Å². The maximum atomic E-state index is 11.4. The van der Waals surface area contributed by atoms with Crippen molar-refractivity contribution in [2.75, 3.05) is 21.3 Å². The second kappa shape index (κ2) is 5.38. The molecule has 1 aromatic rings. The first-order valence-corrected chi connectivity index (χ1v) is 6.10. The van der Waals surface area contributed by atoms with Crippen molar-refractivity contribution in [1.82, 2.24) is 0 Å². The third kappa shape index (κ3) is 2.45. The van der Waals surface area contributed by atoms with E-state index in [1.54, 1.807) is 21.3 Å². The molecule has 0 N–H and O–H groups in total. The lowest BCUT2D eigenvalue weighted by atomic mass is 9.96. The van der Waals surface area contributed by atoms with Gasteiger partial charge < -0.3 is 18.9 Å². The summed E-state index contributed by atoms with van der Waals surface area (Å²) in [5.41, 5.74) is 0.854. The van der Waals surface area contributed by atoms with Crippen LogP contribution in [-0.2, 0) is 9.53 Å². The molecular formula is C14H18O5. The van der Waals surface area contributed by atoms with Gasteiger partial charge in [0.15, 0.2) is 11.5 Å². The number of benzene rings is 1. The Morgan fingerprint density at radius 1 is 1.11 bits per heavy atom. The van der Waals surface area contributed by atoms with Crippen LogP contribution >= 0.6 is 0 Å². The molecule has 0 radical (unpaired) electrons. The van der Waals surface area contributed by atoms with Gasteiger partial charge in [-0.15, -0.1) is 0 Å². The van der Waals surface area contributed by atoms with Crippen LogP contribution in [-0.4, -0.2) is 27.3 Å². The number of hydrogen-bond donors (Lipinski definition) is 0. The molecule has 1 saturated heterocycles. The predicted octanol–water partition coefficient (Wildman–Crippen LogP) is 2.34. The first-order valence-electron chi connectivity index (χ1n) is 6.10. The van der Waals surface area contributed by atoms with Crippen LogP contribution in [0, 0.1) is 5.92 Å². The summed E-state index contributed by atoms with van der Waals surface area (Å²) in [5, 5.41) is 0. The molecule has 0 bridgehead atoms. The highest BCUT2D eigenvalue weighted by Crippen LogP contribution is 2.43. The van der Waals surface area contributed by atoms with Gasteiger partial charge >= 0.3 is 5.97 Å². The Labute approximate surface area is 112 Å². The van der Waals surface area contributed by atoms with E-state index in [0.29, 0.717) is 23.7 Å². The van der Waals surface area contributed by atoms with E-state index in [1.165, 1.54) is 0 Å². The van der Waals surface area contributed by atoms with E-state index in [1.807, 2.05) is 19.1 Å². The molecule has 0 spiro atoms.